The first-order chi connectivity index (χ1) is 12.6. The minimum absolute atomic E-state index is 0.273. The maximum Gasteiger partial charge on any atom is 0.135 e. The summed E-state index contributed by atoms with van der Waals surface area (Å²) in [5.74, 6) is 0.576. The van der Waals surface area contributed by atoms with Gasteiger partial charge < -0.3 is 4.90 Å². The summed E-state index contributed by atoms with van der Waals surface area (Å²) in [5, 5.41) is 0. The number of fused-ring (bicyclic) bond motifs is 3. The maximum absolute atomic E-state index is 14.5. The van der Waals surface area contributed by atoms with Crippen LogP contribution in [0.25, 0.3) is 5.69 Å². The number of hydrogen-bond acceptors (Lipinski definition) is 3. The van der Waals surface area contributed by atoms with E-state index in [2.05, 4.69) is 30.4 Å². The van der Waals surface area contributed by atoms with Crippen molar-refractivity contribution in [3.63, 3.8) is 0 Å². The Hall–Kier alpha value is -2.31. The number of aromatic nitrogens is 2. The molecule has 2 aromatic carbocycles. The lowest BCUT2D eigenvalue weighted by atomic mass is 10.00. The van der Waals surface area contributed by atoms with Crippen molar-refractivity contribution in [3.05, 3.63) is 81.6 Å². The van der Waals surface area contributed by atoms with Crippen LogP contribution in [0.2, 0.25) is 0 Å². The van der Waals surface area contributed by atoms with Crippen molar-refractivity contribution in [1.29, 1.82) is 0 Å². The monoisotopic (exact) mass is 412 g/mol. The molecule has 0 saturated heterocycles. The molecule has 0 spiro atoms. The molecule has 1 aliphatic rings. The molecule has 4 nitrogen and oxygen atoms in total. The Kier molecular flexibility index (Phi) is 4.46. The van der Waals surface area contributed by atoms with Crippen LogP contribution in [0.1, 0.15) is 22.6 Å². The van der Waals surface area contributed by atoms with Gasteiger partial charge in [-0.3, -0.25) is 9.56 Å². The Morgan fingerprint density at radius 3 is 2.65 bits per heavy atom. The van der Waals surface area contributed by atoms with Gasteiger partial charge in [0.25, 0.3) is 0 Å². The van der Waals surface area contributed by atoms with Crippen molar-refractivity contribution in [1.82, 2.24) is 14.5 Å². The quantitative estimate of drug-likeness (QED) is 0.646. The van der Waals surface area contributed by atoms with Crippen molar-refractivity contribution in [2.24, 2.45) is 4.99 Å². The number of imidazole rings is 1. The highest BCUT2D eigenvalue weighted by Gasteiger charge is 2.24. The molecule has 0 saturated carbocycles. The van der Waals surface area contributed by atoms with Crippen molar-refractivity contribution in [2.75, 3.05) is 14.1 Å². The van der Waals surface area contributed by atoms with Crippen LogP contribution in [0.5, 0.6) is 0 Å². The summed E-state index contributed by atoms with van der Waals surface area (Å²) in [4.78, 5) is 11.4. The van der Waals surface area contributed by atoms with Gasteiger partial charge >= 0.3 is 0 Å². The number of rotatable bonds is 3. The van der Waals surface area contributed by atoms with Crippen LogP contribution >= 0.6 is 15.9 Å². The SMILES string of the molecule is CN(C)Cc1cnc2n1-c1c(Br)cccc1C(c1ccccc1F)=NC2. The molecule has 0 N–H and O–H groups in total. The number of aliphatic imine (C=N–C) groups is 1. The van der Waals surface area contributed by atoms with Gasteiger partial charge in [0, 0.05) is 22.1 Å². The topological polar surface area (TPSA) is 33.4 Å². The molecule has 0 radical (unpaired) electrons. The molecule has 2 heterocycles. The Morgan fingerprint density at radius 2 is 1.88 bits per heavy atom. The van der Waals surface area contributed by atoms with Crippen molar-refractivity contribution >= 4 is 21.6 Å². The van der Waals surface area contributed by atoms with Gasteiger partial charge in [-0.05, 0) is 48.2 Å². The highest BCUT2D eigenvalue weighted by atomic mass is 79.9. The first-order valence-corrected chi connectivity index (χ1v) is 9.14. The predicted molar refractivity (Wildman–Crippen MR) is 104 cm³/mol. The fourth-order valence-electron chi connectivity index (χ4n) is 3.30. The second-order valence-electron chi connectivity index (χ2n) is 6.52. The zero-order valence-corrected chi connectivity index (χ0v) is 16.2. The number of hydrogen-bond donors (Lipinski definition) is 0. The predicted octanol–water partition coefficient (Wildman–Crippen LogP) is 4.19. The molecule has 132 valence electrons. The second kappa shape index (κ2) is 6.78. The summed E-state index contributed by atoms with van der Waals surface area (Å²) in [6.07, 6.45) is 1.89. The number of para-hydroxylation sites is 1. The summed E-state index contributed by atoms with van der Waals surface area (Å²) < 4.78 is 17.6. The van der Waals surface area contributed by atoms with E-state index in [9.17, 15) is 4.39 Å². The van der Waals surface area contributed by atoms with E-state index in [1.54, 1.807) is 12.1 Å². The van der Waals surface area contributed by atoms with E-state index < -0.39 is 0 Å². The van der Waals surface area contributed by atoms with Crippen LogP contribution in [0.3, 0.4) is 0 Å². The molecule has 26 heavy (non-hydrogen) atoms. The standard InChI is InChI=1S/C20H18BrFN4/c1-25(2)12-13-10-23-18-11-24-19(14-6-3-4-9-17(14)22)15-7-5-8-16(21)20(15)26(13)18/h3-10H,11-12H2,1-2H3. The normalized spacial score (nSPS) is 13.2. The lowest BCUT2D eigenvalue weighted by molar-refractivity contribution is 0.393. The molecule has 0 amide bonds. The van der Waals surface area contributed by atoms with E-state index in [1.807, 2.05) is 44.6 Å². The third-order valence-corrected chi connectivity index (χ3v) is 5.00. The molecule has 0 unspecified atom stereocenters. The Labute approximate surface area is 160 Å². The number of halogens is 2. The zero-order chi connectivity index (χ0) is 18.3. The third-order valence-electron chi connectivity index (χ3n) is 4.36. The van der Waals surface area contributed by atoms with Crippen molar-refractivity contribution in [2.45, 2.75) is 13.1 Å². The van der Waals surface area contributed by atoms with Gasteiger partial charge in [-0.15, -0.1) is 0 Å². The molecule has 0 fully saturated rings. The van der Waals surface area contributed by atoms with Crippen molar-refractivity contribution in [3.8, 4) is 5.69 Å². The lowest BCUT2D eigenvalue weighted by Crippen LogP contribution is -2.16. The molecule has 0 bridgehead atoms. The Morgan fingerprint density at radius 1 is 1.12 bits per heavy atom. The molecular formula is C20H18BrFN4. The van der Waals surface area contributed by atoms with Crippen LogP contribution in [-0.4, -0.2) is 34.3 Å². The van der Waals surface area contributed by atoms with Gasteiger partial charge in [0.2, 0.25) is 0 Å². The minimum atomic E-state index is -0.273. The average Bonchev–Trinajstić information content (AvgIpc) is 2.90. The van der Waals surface area contributed by atoms with Gasteiger partial charge in [0.05, 0.1) is 29.8 Å². The van der Waals surface area contributed by atoms with E-state index >= 15 is 0 Å². The first kappa shape index (κ1) is 17.1. The molecule has 4 rings (SSSR count). The number of nitrogens with zero attached hydrogens (tertiary/aromatic N) is 4. The van der Waals surface area contributed by atoms with E-state index in [-0.39, 0.29) is 5.82 Å². The van der Waals surface area contributed by atoms with Crippen LogP contribution in [0, 0.1) is 5.82 Å². The third kappa shape index (κ3) is 2.89. The van der Waals surface area contributed by atoms with Crippen LogP contribution in [0.15, 0.2) is 58.1 Å². The average molecular weight is 413 g/mol. The maximum atomic E-state index is 14.5. The Balaban J connectivity index is 1.97. The van der Waals surface area contributed by atoms with E-state index in [0.29, 0.717) is 17.8 Å². The van der Waals surface area contributed by atoms with Gasteiger partial charge in [0.15, 0.2) is 0 Å². The van der Waals surface area contributed by atoms with E-state index in [1.165, 1.54) is 6.07 Å². The summed E-state index contributed by atoms with van der Waals surface area (Å²) in [5.41, 5.74) is 4.08. The molecule has 1 aromatic heterocycles. The largest absolute Gasteiger partial charge is 0.304 e. The van der Waals surface area contributed by atoms with Gasteiger partial charge in [-0.1, -0.05) is 24.3 Å². The molecule has 0 atom stereocenters. The lowest BCUT2D eigenvalue weighted by Gasteiger charge is -2.18. The fraction of sp³-hybridized carbons (Fsp3) is 0.200. The highest BCUT2D eigenvalue weighted by molar-refractivity contribution is 9.10. The van der Waals surface area contributed by atoms with Crippen molar-refractivity contribution < 1.29 is 4.39 Å². The molecule has 3 aromatic rings. The van der Waals surface area contributed by atoms with Crippen LogP contribution < -0.4 is 0 Å². The Bertz CT molecular complexity index is 1010. The first-order valence-electron chi connectivity index (χ1n) is 8.35. The highest BCUT2D eigenvalue weighted by Crippen LogP contribution is 2.32. The van der Waals surface area contributed by atoms with E-state index in [0.717, 1.165) is 33.8 Å². The van der Waals surface area contributed by atoms with Gasteiger partial charge in [-0.2, -0.15) is 0 Å². The molecule has 0 aliphatic carbocycles. The smallest absolute Gasteiger partial charge is 0.135 e. The number of benzene rings is 2. The summed E-state index contributed by atoms with van der Waals surface area (Å²) in [6.45, 7) is 1.15. The molecule has 6 heteroatoms. The molecular weight excluding hydrogens is 395 g/mol. The van der Waals surface area contributed by atoms with E-state index in [4.69, 9.17) is 4.99 Å². The zero-order valence-electron chi connectivity index (χ0n) is 14.6. The second-order valence-corrected chi connectivity index (χ2v) is 7.37. The summed E-state index contributed by atoms with van der Waals surface area (Å²) in [6, 6.07) is 12.7. The van der Waals surface area contributed by atoms with Gasteiger partial charge in [-0.25, -0.2) is 9.37 Å². The van der Waals surface area contributed by atoms with Crippen LogP contribution in [0.4, 0.5) is 4.39 Å². The summed E-state index contributed by atoms with van der Waals surface area (Å²) >= 11 is 3.68. The minimum Gasteiger partial charge on any atom is -0.304 e. The molecule has 1 aliphatic heterocycles. The van der Waals surface area contributed by atoms with Gasteiger partial charge in [0.1, 0.15) is 11.6 Å². The van der Waals surface area contributed by atoms with Crippen LogP contribution in [-0.2, 0) is 13.1 Å². The fourth-order valence-corrected chi connectivity index (χ4v) is 3.85. The summed E-state index contributed by atoms with van der Waals surface area (Å²) in [7, 11) is 4.05.